The second-order valence-corrected chi connectivity index (χ2v) is 7.81. The quantitative estimate of drug-likeness (QED) is 0.807. The van der Waals surface area contributed by atoms with Crippen molar-refractivity contribution in [3.05, 3.63) is 28.8 Å². The molecule has 2 aliphatic heterocycles. The van der Waals surface area contributed by atoms with Crippen LogP contribution in [-0.2, 0) is 0 Å². The number of amides is 1. The third-order valence-corrected chi connectivity index (χ3v) is 6.02. The smallest absolute Gasteiger partial charge is 0.257 e. The van der Waals surface area contributed by atoms with Crippen LogP contribution >= 0.6 is 11.6 Å². The minimum Gasteiger partial charge on any atom is -0.496 e. The molecule has 0 N–H and O–H groups in total. The molecule has 5 nitrogen and oxygen atoms in total. The molecule has 2 heterocycles. The van der Waals surface area contributed by atoms with Crippen molar-refractivity contribution in [1.82, 2.24) is 14.7 Å². The molecule has 138 valence electrons. The van der Waals surface area contributed by atoms with Gasteiger partial charge in [0, 0.05) is 30.2 Å². The van der Waals surface area contributed by atoms with Gasteiger partial charge in [0.05, 0.1) is 12.7 Å². The van der Waals surface area contributed by atoms with E-state index in [0.29, 0.717) is 16.3 Å². The number of methoxy groups -OCH3 is 1. The zero-order valence-corrected chi connectivity index (χ0v) is 16.2. The number of benzene rings is 1. The number of halogens is 1. The maximum absolute atomic E-state index is 13.0. The van der Waals surface area contributed by atoms with E-state index >= 15 is 0 Å². The van der Waals surface area contributed by atoms with Crippen LogP contribution in [0, 0.1) is 0 Å². The lowest BCUT2D eigenvalue weighted by Crippen LogP contribution is -2.58. The van der Waals surface area contributed by atoms with Crippen LogP contribution in [0.3, 0.4) is 0 Å². The molecule has 1 aromatic rings. The first-order chi connectivity index (χ1) is 11.9. The maximum Gasteiger partial charge on any atom is 0.257 e. The first kappa shape index (κ1) is 18.5. The fraction of sp³-hybridized carbons (Fsp3) is 0.632. The Balaban J connectivity index is 1.72. The first-order valence-corrected chi connectivity index (χ1v) is 9.35. The second kappa shape index (κ2) is 7.52. The van der Waals surface area contributed by atoms with Crippen molar-refractivity contribution in [2.75, 3.05) is 53.9 Å². The molecule has 0 unspecified atom stereocenters. The van der Waals surface area contributed by atoms with Crippen molar-refractivity contribution in [3.8, 4) is 5.75 Å². The Morgan fingerprint density at radius 1 is 1.16 bits per heavy atom. The van der Waals surface area contributed by atoms with Crippen molar-refractivity contribution in [2.45, 2.75) is 24.8 Å². The highest BCUT2D eigenvalue weighted by Gasteiger charge is 2.41. The summed E-state index contributed by atoms with van der Waals surface area (Å²) in [5.41, 5.74) is 0.778. The van der Waals surface area contributed by atoms with Crippen LogP contribution in [-0.4, -0.2) is 80.1 Å². The summed E-state index contributed by atoms with van der Waals surface area (Å²) >= 11 is 6.01. The van der Waals surface area contributed by atoms with Crippen LogP contribution in [0.4, 0.5) is 0 Å². The van der Waals surface area contributed by atoms with Gasteiger partial charge in [-0.2, -0.15) is 0 Å². The molecule has 1 aromatic carbocycles. The Morgan fingerprint density at radius 2 is 1.88 bits per heavy atom. The molecule has 6 heteroatoms. The van der Waals surface area contributed by atoms with E-state index < -0.39 is 0 Å². The summed E-state index contributed by atoms with van der Waals surface area (Å²) in [6.45, 7) is 4.92. The summed E-state index contributed by atoms with van der Waals surface area (Å²) < 4.78 is 5.35. The van der Waals surface area contributed by atoms with E-state index in [9.17, 15) is 4.79 Å². The van der Waals surface area contributed by atoms with Gasteiger partial charge in [-0.3, -0.25) is 9.69 Å². The van der Waals surface area contributed by atoms with Crippen LogP contribution in [0.1, 0.15) is 29.6 Å². The molecule has 2 saturated heterocycles. The number of rotatable bonds is 2. The number of carbonyl (C=O) groups excluding carboxylic acids is 1. The third-order valence-electron chi connectivity index (χ3n) is 5.78. The van der Waals surface area contributed by atoms with Gasteiger partial charge in [-0.1, -0.05) is 11.6 Å². The molecule has 1 spiro atoms. The first-order valence-electron chi connectivity index (χ1n) is 8.98. The van der Waals surface area contributed by atoms with Gasteiger partial charge in [-0.25, -0.2) is 0 Å². The normalized spacial score (nSPS) is 22.0. The number of ether oxygens (including phenoxy) is 1. The van der Waals surface area contributed by atoms with Gasteiger partial charge in [0.25, 0.3) is 5.91 Å². The predicted molar refractivity (Wildman–Crippen MR) is 101 cm³/mol. The number of carbonyl (C=O) groups is 1. The average molecular weight is 366 g/mol. The summed E-state index contributed by atoms with van der Waals surface area (Å²) in [4.78, 5) is 19.9. The highest BCUT2D eigenvalue weighted by Crippen LogP contribution is 2.32. The molecule has 0 aromatic heterocycles. The summed E-state index contributed by atoms with van der Waals surface area (Å²) in [5, 5.41) is 0.578. The molecule has 0 aliphatic carbocycles. The number of piperidine rings is 1. The largest absolute Gasteiger partial charge is 0.496 e. The second-order valence-electron chi connectivity index (χ2n) is 7.37. The summed E-state index contributed by atoms with van der Waals surface area (Å²) in [5.74, 6) is 0.581. The molecule has 0 radical (unpaired) electrons. The van der Waals surface area contributed by atoms with Gasteiger partial charge < -0.3 is 14.5 Å². The monoisotopic (exact) mass is 365 g/mol. The molecule has 25 heavy (non-hydrogen) atoms. The van der Waals surface area contributed by atoms with Gasteiger partial charge in [0.1, 0.15) is 5.75 Å². The van der Waals surface area contributed by atoms with E-state index in [2.05, 4.69) is 23.9 Å². The lowest BCUT2D eigenvalue weighted by atomic mass is 9.85. The Hall–Kier alpha value is -1.30. The lowest BCUT2D eigenvalue weighted by Gasteiger charge is -2.47. The highest BCUT2D eigenvalue weighted by molar-refractivity contribution is 6.30. The molecular formula is C19H28ClN3O2. The molecular weight excluding hydrogens is 338 g/mol. The number of likely N-dealkylation sites (N-methyl/N-ethyl adjacent to an activating group) is 2. The highest BCUT2D eigenvalue weighted by atomic mass is 35.5. The van der Waals surface area contributed by atoms with Crippen LogP contribution in [0.15, 0.2) is 18.2 Å². The number of hydrogen-bond donors (Lipinski definition) is 0. The summed E-state index contributed by atoms with van der Waals surface area (Å²) in [6.07, 6.45) is 3.23. The Kier molecular flexibility index (Phi) is 5.56. The number of likely N-dealkylation sites (tertiary alicyclic amines) is 1. The predicted octanol–water partition coefficient (Wildman–Crippen LogP) is 2.59. The van der Waals surface area contributed by atoms with Crippen LogP contribution < -0.4 is 4.74 Å². The third kappa shape index (κ3) is 3.78. The van der Waals surface area contributed by atoms with Crippen molar-refractivity contribution in [3.63, 3.8) is 0 Å². The Bertz CT molecular complexity index is 629. The zero-order valence-electron chi connectivity index (χ0n) is 15.4. The molecule has 3 rings (SSSR count). The van der Waals surface area contributed by atoms with Crippen molar-refractivity contribution >= 4 is 17.5 Å². The molecule has 0 atom stereocenters. The minimum atomic E-state index is 0.0352. The van der Waals surface area contributed by atoms with E-state index in [1.807, 2.05) is 4.90 Å². The molecule has 0 saturated carbocycles. The van der Waals surface area contributed by atoms with E-state index in [1.165, 1.54) is 6.42 Å². The van der Waals surface area contributed by atoms with E-state index in [4.69, 9.17) is 16.3 Å². The zero-order chi connectivity index (χ0) is 18.0. The standard InChI is InChI=1S/C19H28ClN3O2/c1-21-9-4-10-22(2)19(14-21)7-11-23(12-8-19)18(24)16-6-5-15(20)13-17(16)25-3/h5-6,13H,4,7-12,14H2,1-3H3. The van der Waals surface area contributed by atoms with Gasteiger partial charge in [0.2, 0.25) is 0 Å². The van der Waals surface area contributed by atoms with Crippen molar-refractivity contribution < 1.29 is 9.53 Å². The summed E-state index contributed by atoms with van der Waals surface area (Å²) in [6, 6.07) is 5.21. The van der Waals surface area contributed by atoms with Gasteiger partial charge in [-0.15, -0.1) is 0 Å². The molecule has 2 fully saturated rings. The van der Waals surface area contributed by atoms with Crippen molar-refractivity contribution in [2.24, 2.45) is 0 Å². The van der Waals surface area contributed by atoms with E-state index in [1.54, 1.807) is 25.3 Å². The van der Waals surface area contributed by atoms with Crippen LogP contribution in [0.25, 0.3) is 0 Å². The fourth-order valence-corrected chi connectivity index (χ4v) is 4.36. The number of hydrogen-bond acceptors (Lipinski definition) is 4. The summed E-state index contributed by atoms with van der Waals surface area (Å²) in [7, 11) is 6.01. The van der Waals surface area contributed by atoms with Crippen LogP contribution in [0.5, 0.6) is 5.75 Å². The van der Waals surface area contributed by atoms with Crippen molar-refractivity contribution in [1.29, 1.82) is 0 Å². The lowest BCUT2D eigenvalue weighted by molar-refractivity contribution is 0.0280. The number of nitrogens with zero attached hydrogens (tertiary/aromatic N) is 3. The minimum absolute atomic E-state index is 0.0352. The SMILES string of the molecule is COc1cc(Cl)ccc1C(=O)N1CCC2(CC1)CN(C)CCCN2C. The van der Waals surface area contributed by atoms with Crippen LogP contribution in [0.2, 0.25) is 5.02 Å². The van der Waals surface area contributed by atoms with Gasteiger partial charge in [0.15, 0.2) is 0 Å². The molecule has 1 amide bonds. The topological polar surface area (TPSA) is 36.0 Å². The average Bonchev–Trinajstić information content (AvgIpc) is 2.73. The maximum atomic E-state index is 13.0. The fourth-order valence-electron chi connectivity index (χ4n) is 4.20. The van der Waals surface area contributed by atoms with Gasteiger partial charge in [-0.05, 0) is 64.6 Å². The molecule has 0 bridgehead atoms. The van der Waals surface area contributed by atoms with Gasteiger partial charge >= 0.3 is 0 Å². The molecule has 2 aliphatic rings. The Morgan fingerprint density at radius 3 is 2.56 bits per heavy atom. The van der Waals surface area contributed by atoms with E-state index in [-0.39, 0.29) is 11.4 Å². The van der Waals surface area contributed by atoms with E-state index in [0.717, 1.165) is 45.6 Å². The Labute approximate surface area is 155 Å².